The van der Waals surface area contributed by atoms with Gasteiger partial charge >= 0.3 is 12.1 Å². The van der Waals surface area contributed by atoms with Crippen LogP contribution in [-0.2, 0) is 11.0 Å². The minimum absolute atomic E-state index is 0.00109. The highest BCUT2D eigenvalue weighted by Gasteiger charge is 2.36. The number of nitrogens with one attached hydrogen (secondary N) is 1. The van der Waals surface area contributed by atoms with E-state index < -0.39 is 28.9 Å². The number of benzene rings is 1. The summed E-state index contributed by atoms with van der Waals surface area (Å²) in [5, 5.41) is 12.4. The number of halogens is 6. The SMILES string of the molecule is O=C(O)C1=C(CBr)NC(c2ncc(C(F)(F)F)s2)=NC1c1ccc(F)cc1Br. The maximum absolute atomic E-state index is 13.4. The van der Waals surface area contributed by atoms with E-state index in [4.69, 9.17) is 0 Å². The summed E-state index contributed by atoms with van der Waals surface area (Å²) in [5.41, 5.74) is 0.451. The topological polar surface area (TPSA) is 74.6 Å². The summed E-state index contributed by atoms with van der Waals surface area (Å²) in [6.45, 7) is 0. The van der Waals surface area contributed by atoms with E-state index in [1.807, 2.05) is 0 Å². The first-order valence-corrected chi connectivity index (χ1v) is 10.2. The molecule has 0 fully saturated rings. The van der Waals surface area contributed by atoms with Crippen LogP contribution in [0.1, 0.15) is 21.5 Å². The Hall–Kier alpha value is -1.79. The molecule has 1 atom stereocenters. The summed E-state index contributed by atoms with van der Waals surface area (Å²) >= 11 is 6.75. The zero-order chi connectivity index (χ0) is 20.6. The standard InChI is InChI=1S/C16H9Br2F4N3O2S/c17-4-9-11(15(26)27)12(7-2-1-6(19)3-8(7)18)25-13(24-9)14-23-5-10(28-14)16(20,21)22/h1-3,5,12H,4H2,(H,24,25)(H,26,27). The molecule has 0 amide bonds. The van der Waals surface area contributed by atoms with Crippen molar-refractivity contribution in [2.75, 3.05) is 5.33 Å². The molecule has 0 saturated heterocycles. The Morgan fingerprint density at radius 2 is 2.07 bits per heavy atom. The lowest BCUT2D eigenvalue weighted by Gasteiger charge is -2.25. The number of carboxylic acids is 1. The number of amidine groups is 1. The van der Waals surface area contributed by atoms with Gasteiger partial charge in [-0.2, -0.15) is 13.2 Å². The van der Waals surface area contributed by atoms with Crippen molar-refractivity contribution in [3.8, 4) is 0 Å². The summed E-state index contributed by atoms with van der Waals surface area (Å²) < 4.78 is 52.4. The van der Waals surface area contributed by atoms with E-state index in [9.17, 15) is 27.5 Å². The molecule has 2 heterocycles. The number of nitrogens with zero attached hydrogens (tertiary/aromatic N) is 2. The Bertz CT molecular complexity index is 1000. The number of carboxylic acid groups (broad SMARTS) is 1. The van der Waals surface area contributed by atoms with Gasteiger partial charge in [0.2, 0.25) is 0 Å². The second-order valence-corrected chi connectivity index (χ2v) is 7.98. The number of alkyl halides is 4. The Labute approximate surface area is 176 Å². The fourth-order valence-corrected chi connectivity index (χ4v) is 4.27. The molecule has 0 saturated carbocycles. The van der Waals surface area contributed by atoms with Crippen molar-refractivity contribution in [3.63, 3.8) is 0 Å². The van der Waals surface area contributed by atoms with Gasteiger partial charge in [0.1, 0.15) is 16.7 Å². The van der Waals surface area contributed by atoms with Crippen LogP contribution in [0.4, 0.5) is 17.6 Å². The highest BCUT2D eigenvalue weighted by atomic mass is 79.9. The number of aliphatic imine (C=N–C) groups is 1. The van der Waals surface area contributed by atoms with Crippen molar-refractivity contribution >= 4 is 55.0 Å². The predicted octanol–water partition coefficient (Wildman–Crippen LogP) is 4.89. The van der Waals surface area contributed by atoms with Crippen molar-refractivity contribution in [1.82, 2.24) is 10.3 Å². The number of hydrogen-bond donors (Lipinski definition) is 2. The molecule has 1 aliphatic rings. The van der Waals surface area contributed by atoms with Crippen molar-refractivity contribution in [2.45, 2.75) is 12.2 Å². The van der Waals surface area contributed by atoms with Crippen LogP contribution < -0.4 is 5.32 Å². The van der Waals surface area contributed by atoms with Gasteiger partial charge in [0.25, 0.3) is 0 Å². The zero-order valence-electron chi connectivity index (χ0n) is 13.5. The second kappa shape index (κ2) is 7.91. The number of aromatic nitrogens is 1. The van der Waals surface area contributed by atoms with E-state index in [1.165, 1.54) is 6.07 Å². The minimum atomic E-state index is -4.55. The van der Waals surface area contributed by atoms with E-state index in [1.54, 1.807) is 0 Å². The summed E-state index contributed by atoms with van der Waals surface area (Å²) in [6, 6.07) is 2.60. The van der Waals surface area contributed by atoms with Crippen molar-refractivity contribution in [1.29, 1.82) is 0 Å². The molecule has 3 rings (SSSR count). The molecule has 1 aliphatic heterocycles. The Morgan fingerprint density at radius 1 is 1.36 bits per heavy atom. The number of allylic oxidation sites excluding steroid dienone is 1. The van der Waals surface area contributed by atoms with Gasteiger partial charge in [-0.15, -0.1) is 11.3 Å². The molecule has 12 heteroatoms. The van der Waals surface area contributed by atoms with Crippen LogP contribution in [0, 0.1) is 5.82 Å². The molecular formula is C16H9Br2F4N3O2S. The first-order chi connectivity index (χ1) is 13.1. The van der Waals surface area contributed by atoms with E-state index >= 15 is 0 Å². The summed E-state index contributed by atoms with van der Waals surface area (Å²) in [5.74, 6) is -1.80. The third-order valence-electron chi connectivity index (χ3n) is 3.73. The van der Waals surface area contributed by atoms with Gasteiger partial charge in [-0.3, -0.25) is 4.99 Å². The lowest BCUT2D eigenvalue weighted by Crippen LogP contribution is -2.34. The number of aliphatic carboxylic acids is 1. The lowest BCUT2D eigenvalue weighted by molar-refractivity contribution is -0.134. The number of thiazole rings is 1. The van der Waals surface area contributed by atoms with Crippen LogP contribution in [0.25, 0.3) is 0 Å². The van der Waals surface area contributed by atoms with Crippen LogP contribution in [0.5, 0.6) is 0 Å². The largest absolute Gasteiger partial charge is 0.478 e. The number of carbonyl (C=O) groups is 1. The first kappa shape index (κ1) is 20.9. The summed E-state index contributed by atoms with van der Waals surface area (Å²) in [4.78, 5) is 19.0. The predicted molar refractivity (Wildman–Crippen MR) is 102 cm³/mol. The summed E-state index contributed by atoms with van der Waals surface area (Å²) in [7, 11) is 0. The quantitative estimate of drug-likeness (QED) is 0.426. The third kappa shape index (κ3) is 4.13. The van der Waals surface area contributed by atoms with Gasteiger partial charge in [-0.25, -0.2) is 14.2 Å². The van der Waals surface area contributed by atoms with E-state index in [0.717, 1.165) is 12.1 Å². The summed E-state index contributed by atoms with van der Waals surface area (Å²) in [6.07, 6.45) is -3.86. The fraction of sp³-hybridized carbons (Fsp3) is 0.188. The zero-order valence-corrected chi connectivity index (χ0v) is 17.5. The van der Waals surface area contributed by atoms with Crippen molar-refractivity contribution in [2.24, 2.45) is 4.99 Å². The lowest BCUT2D eigenvalue weighted by atomic mass is 9.96. The van der Waals surface area contributed by atoms with Gasteiger partial charge < -0.3 is 10.4 Å². The maximum Gasteiger partial charge on any atom is 0.427 e. The molecule has 148 valence electrons. The van der Waals surface area contributed by atoms with Crippen LogP contribution in [0.2, 0.25) is 0 Å². The van der Waals surface area contributed by atoms with Gasteiger partial charge in [0, 0.05) is 15.5 Å². The minimum Gasteiger partial charge on any atom is -0.478 e. The smallest absolute Gasteiger partial charge is 0.427 e. The number of rotatable bonds is 4. The molecule has 5 nitrogen and oxygen atoms in total. The highest BCUT2D eigenvalue weighted by Crippen LogP contribution is 2.38. The van der Waals surface area contributed by atoms with Crippen molar-refractivity contribution < 1.29 is 27.5 Å². The Morgan fingerprint density at radius 3 is 2.61 bits per heavy atom. The molecule has 1 aromatic heterocycles. The fourth-order valence-electron chi connectivity index (χ4n) is 2.52. The first-order valence-electron chi connectivity index (χ1n) is 7.47. The molecule has 1 unspecified atom stereocenters. The normalized spacial score (nSPS) is 17.4. The molecule has 2 N–H and O–H groups in total. The van der Waals surface area contributed by atoms with E-state index in [-0.39, 0.29) is 31.9 Å². The molecule has 2 aromatic rings. The van der Waals surface area contributed by atoms with Gasteiger partial charge in [-0.1, -0.05) is 37.9 Å². The van der Waals surface area contributed by atoms with Crippen LogP contribution >= 0.6 is 43.2 Å². The highest BCUT2D eigenvalue weighted by molar-refractivity contribution is 9.10. The average Bonchev–Trinajstić information content (AvgIpc) is 3.11. The van der Waals surface area contributed by atoms with E-state index in [2.05, 4.69) is 47.2 Å². The van der Waals surface area contributed by atoms with E-state index in [0.29, 0.717) is 23.1 Å². The third-order valence-corrected chi connectivity index (χ3v) is 6.03. The average molecular weight is 543 g/mol. The molecule has 0 bridgehead atoms. The van der Waals surface area contributed by atoms with Gasteiger partial charge in [-0.05, 0) is 17.7 Å². The molecule has 0 radical (unpaired) electrons. The molecular weight excluding hydrogens is 534 g/mol. The van der Waals surface area contributed by atoms with Gasteiger partial charge in [0.15, 0.2) is 10.8 Å². The second-order valence-electron chi connectivity index (χ2n) is 5.53. The molecule has 0 aliphatic carbocycles. The van der Waals surface area contributed by atoms with Crippen LogP contribution in [0.15, 0.2) is 45.1 Å². The Balaban J connectivity index is 2.13. The Kier molecular flexibility index (Phi) is 5.92. The maximum atomic E-state index is 13.4. The van der Waals surface area contributed by atoms with Gasteiger partial charge in [0.05, 0.1) is 11.8 Å². The molecule has 1 aromatic carbocycles. The van der Waals surface area contributed by atoms with Crippen molar-refractivity contribution in [3.05, 3.63) is 61.4 Å². The molecule has 0 spiro atoms. The number of hydrogen-bond acceptors (Lipinski definition) is 5. The van der Waals surface area contributed by atoms with Crippen LogP contribution in [0.3, 0.4) is 0 Å². The van der Waals surface area contributed by atoms with Crippen LogP contribution in [-0.4, -0.2) is 27.2 Å². The molecule has 28 heavy (non-hydrogen) atoms. The monoisotopic (exact) mass is 541 g/mol.